The SMILES string of the molecule is Cc1nnc(Oc2cccc(Cl)c2F)c(C#N)c1C. The fourth-order valence-corrected chi connectivity index (χ4v) is 1.62. The van der Waals surface area contributed by atoms with Crippen molar-refractivity contribution in [2.75, 3.05) is 0 Å². The molecule has 0 unspecified atom stereocenters. The molecule has 0 fully saturated rings. The molecule has 0 aliphatic rings. The Balaban J connectivity index is 2.48. The average molecular weight is 278 g/mol. The van der Waals surface area contributed by atoms with Gasteiger partial charge >= 0.3 is 0 Å². The van der Waals surface area contributed by atoms with E-state index in [4.69, 9.17) is 21.6 Å². The summed E-state index contributed by atoms with van der Waals surface area (Å²) in [7, 11) is 0. The van der Waals surface area contributed by atoms with Crippen molar-refractivity contribution in [1.82, 2.24) is 10.2 Å². The molecule has 1 aromatic carbocycles. The zero-order valence-electron chi connectivity index (χ0n) is 10.2. The monoisotopic (exact) mass is 277 g/mol. The first-order valence-electron chi connectivity index (χ1n) is 5.40. The number of hydrogen-bond donors (Lipinski definition) is 0. The number of benzene rings is 1. The van der Waals surface area contributed by atoms with E-state index in [-0.39, 0.29) is 22.2 Å². The van der Waals surface area contributed by atoms with E-state index in [2.05, 4.69) is 10.2 Å². The van der Waals surface area contributed by atoms with Crippen LogP contribution in [0.15, 0.2) is 18.2 Å². The zero-order chi connectivity index (χ0) is 14.0. The van der Waals surface area contributed by atoms with Gasteiger partial charge in [0.1, 0.15) is 11.6 Å². The Morgan fingerprint density at radius 2 is 2.05 bits per heavy atom. The van der Waals surface area contributed by atoms with E-state index in [1.165, 1.54) is 12.1 Å². The summed E-state index contributed by atoms with van der Waals surface area (Å²) in [6.07, 6.45) is 0. The van der Waals surface area contributed by atoms with E-state index in [9.17, 15) is 4.39 Å². The van der Waals surface area contributed by atoms with Crippen LogP contribution in [-0.2, 0) is 0 Å². The summed E-state index contributed by atoms with van der Waals surface area (Å²) >= 11 is 5.65. The highest BCUT2D eigenvalue weighted by molar-refractivity contribution is 6.30. The molecule has 1 heterocycles. The maximum Gasteiger partial charge on any atom is 0.257 e. The number of nitrogens with zero attached hydrogens (tertiary/aromatic N) is 3. The Labute approximate surface area is 114 Å². The molecule has 96 valence electrons. The van der Waals surface area contributed by atoms with Gasteiger partial charge in [0.2, 0.25) is 0 Å². The second kappa shape index (κ2) is 5.21. The quantitative estimate of drug-likeness (QED) is 0.842. The lowest BCUT2D eigenvalue weighted by Crippen LogP contribution is -2.01. The van der Waals surface area contributed by atoms with Gasteiger partial charge in [-0.25, -0.2) is 4.39 Å². The maximum absolute atomic E-state index is 13.7. The Hall–Kier alpha value is -2.19. The van der Waals surface area contributed by atoms with Crippen molar-refractivity contribution in [2.45, 2.75) is 13.8 Å². The van der Waals surface area contributed by atoms with Gasteiger partial charge in [-0.15, -0.1) is 5.10 Å². The number of ether oxygens (including phenoxy) is 1. The van der Waals surface area contributed by atoms with Gasteiger partial charge in [-0.05, 0) is 31.5 Å². The standard InChI is InChI=1S/C13H9ClFN3O/c1-7-8(2)17-18-13(9(7)6-16)19-11-5-3-4-10(14)12(11)15/h3-5H,1-2H3. The first-order chi connectivity index (χ1) is 9.04. The maximum atomic E-state index is 13.7. The number of rotatable bonds is 2. The molecule has 0 atom stereocenters. The summed E-state index contributed by atoms with van der Waals surface area (Å²) in [6.45, 7) is 3.46. The predicted molar refractivity (Wildman–Crippen MR) is 67.7 cm³/mol. The Bertz CT molecular complexity index is 682. The van der Waals surface area contributed by atoms with Crippen LogP contribution in [0, 0.1) is 31.0 Å². The van der Waals surface area contributed by atoms with E-state index in [1.807, 2.05) is 6.07 Å². The lowest BCUT2D eigenvalue weighted by molar-refractivity contribution is 0.419. The Morgan fingerprint density at radius 1 is 1.32 bits per heavy atom. The summed E-state index contributed by atoms with van der Waals surface area (Å²) < 4.78 is 19.0. The Kier molecular flexibility index (Phi) is 3.63. The molecular weight excluding hydrogens is 269 g/mol. The lowest BCUT2D eigenvalue weighted by Gasteiger charge is -2.09. The van der Waals surface area contributed by atoms with Crippen molar-refractivity contribution < 1.29 is 9.13 Å². The molecule has 0 radical (unpaired) electrons. The number of aryl methyl sites for hydroxylation is 1. The van der Waals surface area contributed by atoms with E-state index in [1.54, 1.807) is 19.9 Å². The third kappa shape index (κ3) is 2.49. The first kappa shape index (κ1) is 13.2. The molecular formula is C13H9ClFN3O. The summed E-state index contributed by atoms with van der Waals surface area (Å²) in [6, 6.07) is 6.32. The van der Waals surface area contributed by atoms with E-state index >= 15 is 0 Å². The number of nitriles is 1. The molecule has 2 aromatic rings. The molecule has 0 bridgehead atoms. The lowest BCUT2D eigenvalue weighted by atomic mass is 10.1. The van der Waals surface area contributed by atoms with Crippen LogP contribution in [0.3, 0.4) is 0 Å². The Morgan fingerprint density at radius 3 is 2.74 bits per heavy atom. The highest BCUT2D eigenvalue weighted by Gasteiger charge is 2.15. The average Bonchev–Trinajstić information content (AvgIpc) is 2.39. The van der Waals surface area contributed by atoms with Gasteiger partial charge in [0, 0.05) is 0 Å². The minimum absolute atomic E-state index is 0.0354. The van der Waals surface area contributed by atoms with E-state index < -0.39 is 5.82 Å². The molecule has 0 saturated carbocycles. The van der Waals surface area contributed by atoms with Crippen molar-refractivity contribution >= 4 is 11.6 Å². The molecule has 4 nitrogen and oxygen atoms in total. The normalized spacial score (nSPS) is 10.1. The molecule has 2 rings (SSSR count). The van der Waals surface area contributed by atoms with Gasteiger partial charge in [0.15, 0.2) is 11.6 Å². The van der Waals surface area contributed by atoms with Gasteiger partial charge in [-0.3, -0.25) is 0 Å². The smallest absolute Gasteiger partial charge is 0.257 e. The van der Waals surface area contributed by atoms with Crippen LogP contribution in [0.1, 0.15) is 16.8 Å². The minimum Gasteiger partial charge on any atom is -0.433 e. The first-order valence-corrected chi connectivity index (χ1v) is 5.78. The molecule has 0 saturated heterocycles. The van der Waals surface area contributed by atoms with Gasteiger partial charge in [0.05, 0.1) is 10.7 Å². The van der Waals surface area contributed by atoms with Crippen LogP contribution in [-0.4, -0.2) is 10.2 Å². The second-order valence-corrected chi connectivity index (χ2v) is 4.26. The highest BCUT2D eigenvalue weighted by Crippen LogP contribution is 2.30. The largest absolute Gasteiger partial charge is 0.433 e. The fourth-order valence-electron chi connectivity index (χ4n) is 1.46. The van der Waals surface area contributed by atoms with E-state index in [0.29, 0.717) is 11.3 Å². The van der Waals surface area contributed by atoms with Crippen molar-refractivity contribution in [3.63, 3.8) is 0 Å². The molecule has 0 amide bonds. The van der Waals surface area contributed by atoms with Gasteiger partial charge in [0.25, 0.3) is 5.88 Å². The fraction of sp³-hybridized carbons (Fsp3) is 0.154. The van der Waals surface area contributed by atoms with Gasteiger partial charge < -0.3 is 4.74 Å². The van der Waals surface area contributed by atoms with E-state index in [0.717, 1.165) is 0 Å². The zero-order valence-corrected chi connectivity index (χ0v) is 11.0. The summed E-state index contributed by atoms with van der Waals surface area (Å²) in [5.74, 6) is -0.832. The number of aromatic nitrogens is 2. The van der Waals surface area contributed by atoms with Crippen LogP contribution in [0.4, 0.5) is 4.39 Å². The van der Waals surface area contributed by atoms with Crippen molar-refractivity contribution in [3.05, 3.63) is 45.9 Å². The third-order valence-electron chi connectivity index (χ3n) is 2.66. The molecule has 0 aliphatic carbocycles. The second-order valence-electron chi connectivity index (χ2n) is 3.86. The predicted octanol–water partition coefficient (Wildman–Crippen LogP) is 3.55. The van der Waals surface area contributed by atoms with Crippen LogP contribution in [0.5, 0.6) is 11.6 Å². The van der Waals surface area contributed by atoms with Crippen molar-refractivity contribution in [2.24, 2.45) is 0 Å². The van der Waals surface area contributed by atoms with Crippen molar-refractivity contribution in [1.29, 1.82) is 5.26 Å². The van der Waals surface area contributed by atoms with Crippen LogP contribution < -0.4 is 4.74 Å². The summed E-state index contributed by atoms with van der Waals surface area (Å²) in [4.78, 5) is 0. The summed E-state index contributed by atoms with van der Waals surface area (Å²) in [5, 5.41) is 16.7. The van der Waals surface area contributed by atoms with Gasteiger partial charge in [-0.2, -0.15) is 10.4 Å². The van der Waals surface area contributed by atoms with Crippen LogP contribution >= 0.6 is 11.6 Å². The molecule has 1 aromatic heterocycles. The van der Waals surface area contributed by atoms with Crippen molar-refractivity contribution in [3.8, 4) is 17.7 Å². The summed E-state index contributed by atoms with van der Waals surface area (Å²) in [5.41, 5.74) is 1.50. The van der Waals surface area contributed by atoms with Crippen LogP contribution in [0.25, 0.3) is 0 Å². The molecule has 0 spiro atoms. The minimum atomic E-state index is -0.701. The highest BCUT2D eigenvalue weighted by atomic mass is 35.5. The molecule has 0 aliphatic heterocycles. The molecule has 19 heavy (non-hydrogen) atoms. The topological polar surface area (TPSA) is 58.8 Å². The van der Waals surface area contributed by atoms with Crippen LogP contribution in [0.2, 0.25) is 5.02 Å². The number of halogens is 2. The molecule has 6 heteroatoms. The third-order valence-corrected chi connectivity index (χ3v) is 2.95. The molecule has 0 N–H and O–H groups in total. The van der Waals surface area contributed by atoms with Gasteiger partial charge in [-0.1, -0.05) is 17.7 Å². The number of hydrogen-bond acceptors (Lipinski definition) is 4.